The van der Waals surface area contributed by atoms with Gasteiger partial charge in [-0.3, -0.25) is 14.4 Å². The zero-order valence-electron chi connectivity index (χ0n) is 46.7. The van der Waals surface area contributed by atoms with Gasteiger partial charge in [0.15, 0.2) is 6.10 Å². The van der Waals surface area contributed by atoms with Gasteiger partial charge in [-0.15, -0.1) is 0 Å². The highest BCUT2D eigenvalue weighted by atomic mass is 16.6. The average Bonchev–Trinajstić information content (AvgIpc) is 3.38. The summed E-state index contributed by atoms with van der Waals surface area (Å²) >= 11 is 0. The predicted molar refractivity (Wildman–Crippen MR) is 311 cm³/mol. The summed E-state index contributed by atoms with van der Waals surface area (Å²) in [5, 5.41) is 0. The molecule has 1 atom stereocenters. The van der Waals surface area contributed by atoms with Gasteiger partial charge in [-0.2, -0.15) is 0 Å². The topological polar surface area (TPSA) is 78.9 Å². The van der Waals surface area contributed by atoms with Crippen LogP contribution in [0.4, 0.5) is 0 Å². The Balaban J connectivity index is 4.16. The molecule has 0 rings (SSSR count). The van der Waals surface area contributed by atoms with Gasteiger partial charge in [0, 0.05) is 19.3 Å². The first-order valence-corrected chi connectivity index (χ1v) is 29.5. The van der Waals surface area contributed by atoms with Gasteiger partial charge in [0.2, 0.25) is 0 Å². The third kappa shape index (κ3) is 56.7. The Kier molecular flexibility index (Phi) is 55.9. The second kappa shape index (κ2) is 59.4. The summed E-state index contributed by atoms with van der Waals surface area (Å²) < 4.78 is 16.8. The molecule has 1 unspecified atom stereocenters. The second-order valence-electron chi connectivity index (χ2n) is 19.2. The molecule has 0 N–H and O–H groups in total. The number of rotatable bonds is 52. The molecule has 408 valence electrons. The van der Waals surface area contributed by atoms with Crippen molar-refractivity contribution in [1.29, 1.82) is 0 Å². The molecule has 0 saturated heterocycles. The summed E-state index contributed by atoms with van der Waals surface area (Å²) in [6, 6.07) is 0. The third-order valence-corrected chi connectivity index (χ3v) is 12.2. The van der Waals surface area contributed by atoms with Crippen LogP contribution < -0.4 is 0 Å². The lowest BCUT2D eigenvalue weighted by Gasteiger charge is -2.18. The largest absolute Gasteiger partial charge is 0.462 e. The van der Waals surface area contributed by atoms with Gasteiger partial charge in [-0.1, -0.05) is 251 Å². The van der Waals surface area contributed by atoms with Crippen LogP contribution in [0.15, 0.2) is 122 Å². The van der Waals surface area contributed by atoms with Crippen LogP contribution in [0.3, 0.4) is 0 Å². The summed E-state index contributed by atoms with van der Waals surface area (Å²) in [5.41, 5.74) is 0. The Labute approximate surface area is 443 Å². The van der Waals surface area contributed by atoms with Crippen LogP contribution in [0.1, 0.15) is 258 Å². The molecule has 0 fully saturated rings. The molecule has 0 aliphatic carbocycles. The molecule has 0 amide bonds. The minimum atomic E-state index is -0.787. The molecule has 0 aromatic rings. The smallest absolute Gasteiger partial charge is 0.306 e. The van der Waals surface area contributed by atoms with Crippen LogP contribution in [0.5, 0.6) is 0 Å². The lowest BCUT2D eigenvalue weighted by atomic mass is 10.1. The normalized spacial score (nSPS) is 13.0. The number of unbranched alkanes of at least 4 members (excludes halogenated alkanes) is 21. The van der Waals surface area contributed by atoms with Crippen molar-refractivity contribution in [1.82, 2.24) is 0 Å². The Bertz CT molecular complexity index is 1520. The van der Waals surface area contributed by atoms with Gasteiger partial charge in [0.05, 0.1) is 0 Å². The molecule has 0 aliphatic rings. The molecule has 6 heteroatoms. The monoisotopic (exact) mass is 997 g/mol. The fourth-order valence-electron chi connectivity index (χ4n) is 7.79. The quantitative estimate of drug-likeness (QED) is 0.0261. The molecule has 0 aromatic carbocycles. The first-order valence-electron chi connectivity index (χ1n) is 29.5. The highest BCUT2D eigenvalue weighted by molar-refractivity contribution is 5.71. The highest BCUT2D eigenvalue weighted by Crippen LogP contribution is 2.14. The van der Waals surface area contributed by atoms with E-state index in [9.17, 15) is 14.4 Å². The van der Waals surface area contributed by atoms with Crippen LogP contribution in [0.25, 0.3) is 0 Å². The van der Waals surface area contributed by atoms with Crippen molar-refractivity contribution in [2.75, 3.05) is 13.2 Å². The summed E-state index contributed by atoms with van der Waals surface area (Å²) in [6.45, 7) is 6.40. The van der Waals surface area contributed by atoms with Gasteiger partial charge in [0.1, 0.15) is 13.2 Å². The van der Waals surface area contributed by atoms with Gasteiger partial charge >= 0.3 is 17.9 Å². The number of hydrogen-bond donors (Lipinski definition) is 0. The minimum Gasteiger partial charge on any atom is -0.462 e. The first-order chi connectivity index (χ1) is 35.5. The molecule has 0 spiro atoms. The van der Waals surface area contributed by atoms with E-state index in [0.717, 1.165) is 148 Å². The average molecular weight is 998 g/mol. The molecule has 0 saturated carbocycles. The Morgan fingerprint density at radius 1 is 0.292 bits per heavy atom. The van der Waals surface area contributed by atoms with E-state index in [2.05, 4.69) is 142 Å². The molecule has 0 radical (unpaired) electrons. The number of carbonyl (C=O) groups excluding carboxylic acids is 3. The number of allylic oxidation sites excluding steroid dienone is 20. The SMILES string of the molecule is CC/C=C\C/C=C\C/C=C\C/C=C\C/C=C\C/C=C\C/C=C\C/C=C\CCCCCCCCCCC(=O)OCC(COC(=O)CCCCCCCCCC)OC(=O)CCCCCCC/C=C\C/C=C\CCC. The molecule has 0 aliphatic heterocycles. The molecule has 72 heavy (non-hydrogen) atoms. The van der Waals surface area contributed by atoms with E-state index >= 15 is 0 Å². The van der Waals surface area contributed by atoms with E-state index in [1.54, 1.807) is 0 Å². The van der Waals surface area contributed by atoms with Crippen molar-refractivity contribution in [2.24, 2.45) is 0 Å². The van der Waals surface area contributed by atoms with Crippen LogP contribution in [-0.4, -0.2) is 37.2 Å². The Morgan fingerprint density at radius 3 is 0.903 bits per heavy atom. The Hall–Kier alpha value is -4.19. The molecule has 6 nitrogen and oxygen atoms in total. The summed E-state index contributed by atoms with van der Waals surface area (Å²) in [7, 11) is 0. The number of hydrogen-bond acceptors (Lipinski definition) is 6. The van der Waals surface area contributed by atoms with E-state index in [4.69, 9.17) is 14.2 Å². The van der Waals surface area contributed by atoms with Crippen LogP contribution in [0.2, 0.25) is 0 Å². The summed E-state index contributed by atoms with van der Waals surface area (Å²) in [4.78, 5) is 37.9. The van der Waals surface area contributed by atoms with Crippen molar-refractivity contribution in [3.63, 3.8) is 0 Å². The predicted octanol–water partition coefficient (Wildman–Crippen LogP) is 20.0. The molecular weight excluding hydrogens is 889 g/mol. The minimum absolute atomic E-state index is 0.0866. The van der Waals surface area contributed by atoms with Crippen molar-refractivity contribution in [3.05, 3.63) is 122 Å². The Morgan fingerprint density at radius 2 is 0.569 bits per heavy atom. The number of carbonyl (C=O) groups is 3. The van der Waals surface area contributed by atoms with Crippen molar-refractivity contribution in [2.45, 2.75) is 264 Å². The van der Waals surface area contributed by atoms with E-state index in [1.807, 2.05) is 0 Å². The van der Waals surface area contributed by atoms with Crippen molar-refractivity contribution >= 4 is 17.9 Å². The maximum Gasteiger partial charge on any atom is 0.306 e. The van der Waals surface area contributed by atoms with Crippen molar-refractivity contribution < 1.29 is 28.6 Å². The van der Waals surface area contributed by atoms with Gasteiger partial charge in [0.25, 0.3) is 0 Å². The summed E-state index contributed by atoms with van der Waals surface area (Å²) in [6.07, 6.45) is 82.1. The lowest BCUT2D eigenvalue weighted by molar-refractivity contribution is -0.167. The summed E-state index contributed by atoms with van der Waals surface area (Å²) in [5.74, 6) is -0.917. The maximum absolute atomic E-state index is 12.8. The zero-order valence-corrected chi connectivity index (χ0v) is 46.7. The fourth-order valence-corrected chi connectivity index (χ4v) is 7.79. The molecular formula is C66H108O6. The number of ether oxygens (including phenoxy) is 3. The van der Waals surface area contributed by atoms with Crippen LogP contribution >= 0.6 is 0 Å². The number of esters is 3. The van der Waals surface area contributed by atoms with Crippen molar-refractivity contribution in [3.8, 4) is 0 Å². The zero-order chi connectivity index (χ0) is 52.2. The standard InChI is InChI=1S/C66H108O6/c1-4-7-10-13-16-19-21-23-24-25-26-27-28-29-30-31-32-33-34-35-36-37-38-39-40-41-42-44-45-47-50-53-56-59-65(68)71-62-63(61-70-64(67)58-55-52-49-18-15-12-9-6-3)72-66(69)60-57-54-51-48-46-43-22-20-17-14-11-8-5-2/h7,10-11,14,16,19-20,22-24,26-27,29-30,32-33,35-36,38-39,63H,4-6,8-9,12-13,15,17-18,21,25,28,31,34,37,40-62H2,1-3H3/b10-7-,14-11-,19-16-,22-20-,24-23-,27-26-,30-29-,33-32-,36-35-,39-38-. The molecule has 0 aromatic heterocycles. The van der Waals surface area contributed by atoms with Crippen LogP contribution in [0, 0.1) is 0 Å². The van der Waals surface area contributed by atoms with Gasteiger partial charge < -0.3 is 14.2 Å². The third-order valence-electron chi connectivity index (χ3n) is 12.2. The lowest BCUT2D eigenvalue weighted by Crippen LogP contribution is -2.30. The highest BCUT2D eigenvalue weighted by Gasteiger charge is 2.19. The van der Waals surface area contributed by atoms with Crippen LogP contribution in [-0.2, 0) is 28.6 Å². The van der Waals surface area contributed by atoms with Gasteiger partial charge in [-0.25, -0.2) is 0 Å². The second-order valence-corrected chi connectivity index (χ2v) is 19.2. The first kappa shape index (κ1) is 67.8. The maximum atomic E-state index is 12.8. The molecule has 0 bridgehead atoms. The molecule has 0 heterocycles. The fraction of sp³-hybridized carbons (Fsp3) is 0.652. The van der Waals surface area contributed by atoms with Gasteiger partial charge in [-0.05, 0) is 109 Å². The van der Waals surface area contributed by atoms with E-state index < -0.39 is 6.10 Å². The van der Waals surface area contributed by atoms with E-state index in [-0.39, 0.29) is 31.1 Å². The van der Waals surface area contributed by atoms with E-state index in [1.165, 1.54) is 70.6 Å². The van der Waals surface area contributed by atoms with E-state index in [0.29, 0.717) is 19.3 Å².